The molecule has 3 rings (SSSR count). The number of hydrogen-bond acceptors (Lipinski definition) is 3. The molecular formula is C16H18FN3. The molecule has 0 aliphatic heterocycles. The molecule has 0 unspecified atom stereocenters. The van der Waals surface area contributed by atoms with Gasteiger partial charge < -0.3 is 5.32 Å². The molecule has 20 heavy (non-hydrogen) atoms. The van der Waals surface area contributed by atoms with Crippen molar-refractivity contribution in [2.75, 3.05) is 12.4 Å². The monoisotopic (exact) mass is 271 g/mol. The maximum Gasteiger partial charge on any atom is 0.134 e. The number of aryl methyl sites for hydroxylation is 1. The van der Waals surface area contributed by atoms with Crippen LogP contribution < -0.4 is 5.32 Å². The van der Waals surface area contributed by atoms with Gasteiger partial charge in [0, 0.05) is 24.1 Å². The molecule has 0 spiro atoms. The molecule has 1 heterocycles. The fourth-order valence-electron chi connectivity index (χ4n) is 2.46. The van der Waals surface area contributed by atoms with Gasteiger partial charge in [-0.15, -0.1) is 0 Å². The van der Waals surface area contributed by atoms with Crippen LogP contribution >= 0.6 is 0 Å². The van der Waals surface area contributed by atoms with Crippen molar-refractivity contribution >= 4 is 5.82 Å². The van der Waals surface area contributed by atoms with Gasteiger partial charge in [-0.05, 0) is 50.5 Å². The van der Waals surface area contributed by atoms with E-state index in [0.29, 0.717) is 5.92 Å². The summed E-state index contributed by atoms with van der Waals surface area (Å²) in [6.45, 7) is 3.91. The number of aromatic nitrogens is 2. The summed E-state index contributed by atoms with van der Waals surface area (Å²) in [6.07, 6.45) is 2.32. The molecule has 1 N–H and O–H groups in total. The van der Waals surface area contributed by atoms with Crippen LogP contribution in [0.3, 0.4) is 0 Å². The lowest BCUT2D eigenvalue weighted by Crippen LogP contribution is -2.05. The van der Waals surface area contributed by atoms with E-state index >= 15 is 0 Å². The SMILES string of the molecule is CNc1nc(C2CC2)nc(-c2ccc(F)cc2C)c1C. The number of nitrogens with zero attached hydrogens (tertiary/aromatic N) is 2. The molecule has 2 aromatic rings. The molecule has 0 amide bonds. The zero-order valence-corrected chi connectivity index (χ0v) is 12.0. The second-order valence-electron chi connectivity index (χ2n) is 5.39. The molecule has 1 aliphatic rings. The van der Waals surface area contributed by atoms with Crippen LogP contribution in [-0.4, -0.2) is 17.0 Å². The average molecular weight is 271 g/mol. The largest absolute Gasteiger partial charge is 0.373 e. The molecule has 1 saturated carbocycles. The number of anilines is 1. The Balaban J connectivity index is 2.18. The third kappa shape index (κ3) is 2.26. The summed E-state index contributed by atoms with van der Waals surface area (Å²) in [7, 11) is 1.87. The van der Waals surface area contributed by atoms with E-state index in [1.165, 1.54) is 6.07 Å². The number of hydrogen-bond donors (Lipinski definition) is 1. The van der Waals surface area contributed by atoms with Crippen molar-refractivity contribution in [3.63, 3.8) is 0 Å². The molecular weight excluding hydrogens is 253 g/mol. The molecule has 104 valence electrons. The van der Waals surface area contributed by atoms with Crippen molar-refractivity contribution in [1.29, 1.82) is 0 Å². The third-order valence-electron chi connectivity index (χ3n) is 3.79. The first kappa shape index (κ1) is 13.0. The molecule has 1 fully saturated rings. The zero-order valence-electron chi connectivity index (χ0n) is 12.0. The van der Waals surface area contributed by atoms with Gasteiger partial charge in [0.25, 0.3) is 0 Å². The summed E-state index contributed by atoms with van der Waals surface area (Å²) in [4.78, 5) is 9.32. The van der Waals surface area contributed by atoms with Gasteiger partial charge in [-0.2, -0.15) is 0 Å². The van der Waals surface area contributed by atoms with E-state index in [1.807, 2.05) is 20.9 Å². The van der Waals surface area contributed by atoms with Gasteiger partial charge >= 0.3 is 0 Å². The summed E-state index contributed by atoms with van der Waals surface area (Å²) in [6, 6.07) is 4.84. The van der Waals surface area contributed by atoms with Gasteiger partial charge in [0.1, 0.15) is 17.5 Å². The second-order valence-corrected chi connectivity index (χ2v) is 5.39. The van der Waals surface area contributed by atoms with Gasteiger partial charge in [-0.25, -0.2) is 14.4 Å². The molecule has 1 aliphatic carbocycles. The van der Waals surface area contributed by atoms with E-state index in [9.17, 15) is 4.39 Å². The van der Waals surface area contributed by atoms with Crippen LogP contribution in [0.1, 0.15) is 35.7 Å². The first-order chi connectivity index (χ1) is 9.60. The number of rotatable bonds is 3. The Morgan fingerprint density at radius 3 is 2.55 bits per heavy atom. The zero-order chi connectivity index (χ0) is 14.3. The Hall–Kier alpha value is -1.97. The minimum Gasteiger partial charge on any atom is -0.373 e. The predicted octanol–water partition coefficient (Wildman–Crippen LogP) is 3.82. The minimum atomic E-state index is -0.214. The summed E-state index contributed by atoms with van der Waals surface area (Å²) in [5.74, 6) is 2.04. The Bertz CT molecular complexity index is 663. The summed E-state index contributed by atoms with van der Waals surface area (Å²) in [5, 5.41) is 3.13. The molecule has 0 atom stereocenters. The van der Waals surface area contributed by atoms with Crippen molar-refractivity contribution in [3.05, 3.63) is 41.0 Å². The Labute approximate surface area is 118 Å². The van der Waals surface area contributed by atoms with Crippen molar-refractivity contribution in [2.24, 2.45) is 0 Å². The maximum absolute atomic E-state index is 13.3. The van der Waals surface area contributed by atoms with Crippen LogP contribution in [0.5, 0.6) is 0 Å². The molecule has 1 aromatic carbocycles. The van der Waals surface area contributed by atoms with Crippen LogP contribution in [0.15, 0.2) is 18.2 Å². The normalized spacial score (nSPS) is 14.4. The average Bonchev–Trinajstić information content (AvgIpc) is 3.24. The Morgan fingerprint density at radius 1 is 1.20 bits per heavy atom. The van der Waals surface area contributed by atoms with Crippen LogP contribution in [0.25, 0.3) is 11.3 Å². The van der Waals surface area contributed by atoms with E-state index in [1.54, 1.807) is 12.1 Å². The molecule has 0 radical (unpaired) electrons. The van der Waals surface area contributed by atoms with E-state index in [0.717, 1.165) is 46.9 Å². The number of halogens is 1. The van der Waals surface area contributed by atoms with Crippen LogP contribution in [-0.2, 0) is 0 Å². The van der Waals surface area contributed by atoms with E-state index in [2.05, 4.69) is 10.3 Å². The van der Waals surface area contributed by atoms with Crippen molar-refractivity contribution in [2.45, 2.75) is 32.6 Å². The van der Waals surface area contributed by atoms with Crippen LogP contribution in [0, 0.1) is 19.7 Å². The molecule has 4 heteroatoms. The maximum atomic E-state index is 13.3. The van der Waals surface area contributed by atoms with E-state index in [4.69, 9.17) is 4.98 Å². The van der Waals surface area contributed by atoms with Crippen molar-refractivity contribution in [1.82, 2.24) is 9.97 Å². The molecule has 1 aromatic heterocycles. The standard InChI is InChI=1S/C16H18FN3/c1-9-8-12(17)6-7-13(9)14-10(2)15(18-3)20-16(19-14)11-4-5-11/h6-8,11H,4-5H2,1-3H3,(H,18,19,20). The first-order valence-electron chi connectivity index (χ1n) is 6.93. The quantitative estimate of drug-likeness (QED) is 0.922. The number of nitrogens with one attached hydrogen (secondary N) is 1. The van der Waals surface area contributed by atoms with Gasteiger partial charge in [0.2, 0.25) is 0 Å². The highest BCUT2D eigenvalue weighted by Gasteiger charge is 2.28. The summed E-state index contributed by atoms with van der Waals surface area (Å²) >= 11 is 0. The summed E-state index contributed by atoms with van der Waals surface area (Å²) in [5.41, 5.74) is 3.79. The molecule has 0 saturated heterocycles. The lowest BCUT2D eigenvalue weighted by molar-refractivity contribution is 0.627. The topological polar surface area (TPSA) is 37.8 Å². The minimum absolute atomic E-state index is 0.214. The molecule has 3 nitrogen and oxygen atoms in total. The molecule has 0 bridgehead atoms. The predicted molar refractivity (Wildman–Crippen MR) is 78.4 cm³/mol. The van der Waals surface area contributed by atoms with E-state index < -0.39 is 0 Å². The van der Waals surface area contributed by atoms with Crippen molar-refractivity contribution in [3.8, 4) is 11.3 Å². The smallest absolute Gasteiger partial charge is 0.134 e. The van der Waals surface area contributed by atoms with Gasteiger partial charge in [0.15, 0.2) is 0 Å². The van der Waals surface area contributed by atoms with E-state index in [-0.39, 0.29) is 5.82 Å². The highest BCUT2D eigenvalue weighted by molar-refractivity contribution is 5.71. The second kappa shape index (κ2) is 4.85. The number of benzene rings is 1. The fraction of sp³-hybridized carbons (Fsp3) is 0.375. The Morgan fingerprint density at radius 2 is 1.95 bits per heavy atom. The summed E-state index contributed by atoms with van der Waals surface area (Å²) < 4.78 is 13.3. The lowest BCUT2D eigenvalue weighted by Gasteiger charge is -2.14. The van der Waals surface area contributed by atoms with Crippen molar-refractivity contribution < 1.29 is 4.39 Å². The van der Waals surface area contributed by atoms with Crippen LogP contribution in [0.4, 0.5) is 10.2 Å². The lowest BCUT2D eigenvalue weighted by atomic mass is 10.0. The van der Waals surface area contributed by atoms with Gasteiger partial charge in [0.05, 0.1) is 5.69 Å². The Kier molecular flexibility index (Phi) is 3.16. The third-order valence-corrected chi connectivity index (χ3v) is 3.79. The van der Waals surface area contributed by atoms with Crippen LogP contribution in [0.2, 0.25) is 0 Å². The van der Waals surface area contributed by atoms with Gasteiger partial charge in [-0.1, -0.05) is 0 Å². The first-order valence-corrected chi connectivity index (χ1v) is 6.93. The van der Waals surface area contributed by atoms with Gasteiger partial charge in [-0.3, -0.25) is 0 Å². The highest BCUT2D eigenvalue weighted by atomic mass is 19.1. The fourth-order valence-corrected chi connectivity index (χ4v) is 2.46. The highest BCUT2D eigenvalue weighted by Crippen LogP contribution is 2.40.